The van der Waals surface area contributed by atoms with Crippen molar-refractivity contribution in [3.05, 3.63) is 92.4 Å². The van der Waals surface area contributed by atoms with Crippen molar-refractivity contribution in [2.45, 2.75) is 26.4 Å². The summed E-state index contributed by atoms with van der Waals surface area (Å²) in [5, 5.41) is 1.03. The standard InChI is InChI=1S/C28H28FN5O3S/c1-19-26-23(17-25(35)32(19)12-4-11-31-13-15-37-16-14-31)33(18-20-7-9-21(29)10-8-20)34(27(26)36)28-30-22-5-2-3-6-24(22)38-28/h2-3,5-10,17H,4,11-16,18H2,1H3. The number of benzene rings is 2. The highest BCUT2D eigenvalue weighted by atomic mass is 32.1. The van der Waals surface area contributed by atoms with Gasteiger partial charge in [-0.25, -0.2) is 9.37 Å². The minimum Gasteiger partial charge on any atom is -0.379 e. The van der Waals surface area contributed by atoms with Crippen molar-refractivity contribution < 1.29 is 9.13 Å². The molecule has 196 valence electrons. The molecule has 1 saturated heterocycles. The molecule has 0 N–H and O–H groups in total. The summed E-state index contributed by atoms with van der Waals surface area (Å²) in [6, 6.07) is 15.5. The molecule has 5 aromatic rings. The lowest BCUT2D eigenvalue weighted by Crippen LogP contribution is -2.37. The fourth-order valence-electron chi connectivity index (χ4n) is 5.16. The first-order chi connectivity index (χ1) is 18.5. The van der Waals surface area contributed by atoms with Crippen LogP contribution in [0.1, 0.15) is 17.7 Å². The number of hydrogen-bond acceptors (Lipinski definition) is 6. The minimum atomic E-state index is -0.328. The van der Waals surface area contributed by atoms with Crippen LogP contribution in [0.5, 0.6) is 0 Å². The first-order valence-electron chi connectivity index (χ1n) is 12.8. The van der Waals surface area contributed by atoms with Crippen molar-refractivity contribution in [1.29, 1.82) is 0 Å². The molecular formula is C28H28FN5O3S. The summed E-state index contributed by atoms with van der Waals surface area (Å²) >= 11 is 1.42. The second-order valence-corrected chi connectivity index (χ2v) is 10.6. The second-order valence-electron chi connectivity index (χ2n) is 9.55. The Hall–Kier alpha value is -3.60. The fourth-order valence-corrected chi connectivity index (χ4v) is 6.13. The van der Waals surface area contributed by atoms with E-state index in [0.29, 0.717) is 28.3 Å². The Morgan fingerprint density at radius 2 is 1.79 bits per heavy atom. The molecule has 0 bridgehead atoms. The van der Waals surface area contributed by atoms with Gasteiger partial charge < -0.3 is 9.30 Å². The number of pyridine rings is 1. The number of aryl methyl sites for hydroxylation is 1. The van der Waals surface area contributed by atoms with Gasteiger partial charge in [-0.05, 0) is 43.2 Å². The van der Waals surface area contributed by atoms with Gasteiger partial charge in [-0.15, -0.1) is 0 Å². The molecule has 1 fully saturated rings. The number of hydrogen-bond donors (Lipinski definition) is 0. The number of rotatable bonds is 7. The molecule has 3 aromatic heterocycles. The van der Waals surface area contributed by atoms with Crippen molar-refractivity contribution >= 4 is 32.5 Å². The maximum atomic E-state index is 14.0. The van der Waals surface area contributed by atoms with Gasteiger partial charge in [0.1, 0.15) is 5.82 Å². The highest BCUT2D eigenvalue weighted by molar-refractivity contribution is 7.20. The summed E-state index contributed by atoms with van der Waals surface area (Å²) in [6.07, 6.45) is 0.800. The molecule has 10 heteroatoms. The number of morpholine rings is 1. The average Bonchev–Trinajstić information content (AvgIpc) is 3.46. The minimum absolute atomic E-state index is 0.147. The van der Waals surface area contributed by atoms with E-state index in [9.17, 15) is 14.0 Å². The monoisotopic (exact) mass is 533 g/mol. The maximum absolute atomic E-state index is 14.0. The molecule has 6 rings (SSSR count). The van der Waals surface area contributed by atoms with E-state index in [-0.39, 0.29) is 23.5 Å². The Labute approximate surface area is 222 Å². The zero-order chi connectivity index (χ0) is 26.2. The zero-order valence-electron chi connectivity index (χ0n) is 21.1. The van der Waals surface area contributed by atoms with Gasteiger partial charge in [0.05, 0.1) is 40.9 Å². The molecule has 1 aliphatic heterocycles. The van der Waals surface area contributed by atoms with Gasteiger partial charge in [0.25, 0.3) is 11.1 Å². The molecule has 0 saturated carbocycles. The van der Waals surface area contributed by atoms with Crippen molar-refractivity contribution in [1.82, 2.24) is 23.8 Å². The molecule has 8 nitrogen and oxygen atoms in total. The molecule has 0 amide bonds. The van der Waals surface area contributed by atoms with Crippen LogP contribution in [0.15, 0.2) is 64.2 Å². The van der Waals surface area contributed by atoms with E-state index in [4.69, 9.17) is 9.72 Å². The molecule has 0 radical (unpaired) electrons. The zero-order valence-corrected chi connectivity index (χ0v) is 21.9. The molecule has 0 atom stereocenters. The molecule has 2 aromatic carbocycles. The molecule has 0 unspecified atom stereocenters. The largest absolute Gasteiger partial charge is 0.379 e. The highest BCUT2D eigenvalue weighted by Crippen LogP contribution is 2.26. The number of ether oxygens (including phenoxy) is 1. The van der Waals surface area contributed by atoms with Crippen LogP contribution in [-0.2, 0) is 17.8 Å². The van der Waals surface area contributed by atoms with Gasteiger partial charge in [-0.3, -0.25) is 19.2 Å². The SMILES string of the molecule is Cc1c2c(=O)n(-c3nc4ccccc4s3)n(Cc3ccc(F)cc3)c2cc(=O)n1CCCN1CCOCC1. The average molecular weight is 534 g/mol. The third kappa shape index (κ3) is 4.59. The van der Waals surface area contributed by atoms with E-state index in [1.807, 2.05) is 31.2 Å². The number of para-hydroxylation sites is 1. The Morgan fingerprint density at radius 3 is 2.55 bits per heavy atom. The highest BCUT2D eigenvalue weighted by Gasteiger charge is 2.22. The van der Waals surface area contributed by atoms with Crippen LogP contribution in [0.2, 0.25) is 0 Å². The van der Waals surface area contributed by atoms with Gasteiger partial charge in [0, 0.05) is 37.9 Å². The first kappa shape index (κ1) is 24.7. The van der Waals surface area contributed by atoms with E-state index in [0.717, 1.165) is 55.0 Å². The van der Waals surface area contributed by atoms with Gasteiger partial charge >= 0.3 is 0 Å². The smallest absolute Gasteiger partial charge is 0.283 e. The summed E-state index contributed by atoms with van der Waals surface area (Å²) in [4.78, 5) is 34.4. The van der Waals surface area contributed by atoms with E-state index >= 15 is 0 Å². The normalized spacial score (nSPS) is 14.6. The van der Waals surface area contributed by atoms with Crippen molar-refractivity contribution in [2.75, 3.05) is 32.8 Å². The van der Waals surface area contributed by atoms with Gasteiger partial charge in [0.2, 0.25) is 5.13 Å². The van der Waals surface area contributed by atoms with E-state index in [2.05, 4.69) is 4.90 Å². The van der Waals surface area contributed by atoms with Crippen LogP contribution in [-0.4, -0.2) is 56.7 Å². The predicted molar refractivity (Wildman–Crippen MR) is 147 cm³/mol. The van der Waals surface area contributed by atoms with Crippen molar-refractivity contribution in [3.8, 4) is 5.13 Å². The van der Waals surface area contributed by atoms with Crippen LogP contribution in [0.25, 0.3) is 26.3 Å². The van der Waals surface area contributed by atoms with Gasteiger partial charge in [-0.1, -0.05) is 35.6 Å². The van der Waals surface area contributed by atoms with Gasteiger partial charge in [0.15, 0.2) is 0 Å². The Balaban J connectivity index is 1.46. The number of nitrogens with zero attached hydrogens (tertiary/aromatic N) is 5. The summed E-state index contributed by atoms with van der Waals surface area (Å²) in [6.45, 7) is 6.78. The number of fused-ring (bicyclic) bond motifs is 2. The number of thiazole rings is 1. The Kier molecular flexibility index (Phi) is 6.69. The third-order valence-corrected chi connectivity index (χ3v) is 8.16. The third-order valence-electron chi connectivity index (χ3n) is 7.14. The summed E-state index contributed by atoms with van der Waals surface area (Å²) in [5.41, 5.74) is 2.44. The fraction of sp³-hybridized carbons (Fsp3) is 0.321. The first-order valence-corrected chi connectivity index (χ1v) is 13.6. The maximum Gasteiger partial charge on any atom is 0.283 e. The van der Waals surface area contributed by atoms with Crippen LogP contribution < -0.4 is 11.1 Å². The molecule has 0 spiro atoms. The van der Waals surface area contributed by atoms with Gasteiger partial charge in [-0.2, -0.15) is 4.68 Å². The molecular weight excluding hydrogens is 505 g/mol. The predicted octanol–water partition coefficient (Wildman–Crippen LogP) is 3.78. The quantitative estimate of drug-likeness (QED) is 0.318. The summed E-state index contributed by atoms with van der Waals surface area (Å²) in [7, 11) is 0. The summed E-state index contributed by atoms with van der Waals surface area (Å²) < 4.78 is 25.0. The van der Waals surface area contributed by atoms with Crippen LogP contribution in [0.3, 0.4) is 0 Å². The Bertz CT molecular complexity index is 1700. The van der Waals surface area contributed by atoms with Crippen molar-refractivity contribution in [3.63, 3.8) is 0 Å². The Morgan fingerprint density at radius 1 is 1.03 bits per heavy atom. The van der Waals surface area contributed by atoms with Crippen molar-refractivity contribution in [2.24, 2.45) is 0 Å². The lowest BCUT2D eigenvalue weighted by Gasteiger charge is -2.26. The van der Waals surface area contributed by atoms with Crippen LogP contribution in [0.4, 0.5) is 4.39 Å². The molecule has 38 heavy (non-hydrogen) atoms. The lowest BCUT2D eigenvalue weighted by atomic mass is 10.2. The van der Waals surface area contributed by atoms with Crippen LogP contribution in [0, 0.1) is 12.7 Å². The van der Waals surface area contributed by atoms with E-state index < -0.39 is 0 Å². The number of halogens is 1. The molecule has 0 aliphatic carbocycles. The second kappa shape index (κ2) is 10.3. The van der Waals surface area contributed by atoms with E-state index in [1.54, 1.807) is 32.1 Å². The van der Waals surface area contributed by atoms with E-state index in [1.165, 1.54) is 23.5 Å². The van der Waals surface area contributed by atoms with Crippen LogP contribution >= 0.6 is 11.3 Å². The molecule has 4 heterocycles. The topological polar surface area (TPSA) is 74.3 Å². The molecule has 1 aliphatic rings. The number of aromatic nitrogens is 4. The summed E-state index contributed by atoms with van der Waals surface area (Å²) in [5.74, 6) is -0.328. The lowest BCUT2D eigenvalue weighted by molar-refractivity contribution is 0.0369.